The molecule has 1 unspecified atom stereocenters. The highest BCUT2D eigenvalue weighted by molar-refractivity contribution is 6.18. The molecule has 5 heteroatoms. The van der Waals surface area contributed by atoms with Gasteiger partial charge in [-0.2, -0.15) is 4.80 Å². The van der Waals surface area contributed by atoms with Crippen LogP contribution in [0.1, 0.15) is 19.2 Å². The van der Waals surface area contributed by atoms with E-state index in [-0.39, 0.29) is 0 Å². The first-order chi connectivity index (χ1) is 5.76. The first kappa shape index (κ1) is 9.45. The predicted octanol–water partition coefficient (Wildman–Crippen LogP) is 1.02. The molecule has 0 saturated heterocycles. The Hall–Kier alpha value is -0.640. The van der Waals surface area contributed by atoms with Crippen LogP contribution in [0.15, 0.2) is 0 Å². The lowest BCUT2D eigenvalue weighted by Gasteiger charge is -2.06. The van der Waals surface area contributed by atoms with Crippen molar-refractivity contribution in [3.05, 3.63) is 5.82 Å². The summed E-state index contributed by atoms with van der Waals surface area (Å²) >= 11 is 5.74. The number of hydrogen-bond acceptors (Lipinski definition) is 3. The van der Waals surface area contributed by atoms with E-state index in [0.717, 1.165) is 18.7 Å². The minimum absolute atomic E-state index is 0.468. The molecule has 0 aliphatic carbocycles. The fourth-order valence-electron chi connectivity index (χ4n) is 0.971. The van der Waals surface area contributed by atoms with Crippen LogP contribution >= 0.6 is 11.6 Å². The molecule has 0 bridgehead atoms. The van der Waals surface area contributed by atoms with Crippen molar-refractivity contribution in [2.45, 2.75) is 19.8 Å². The molecule has 4 nitrogen and oxygen atoms in total. The molecular formula is C7H13ClN4. The lowest BCUT2D eigenvalue weighted by Crippen LogP contribution is -2.06. The van der Waals surface area contributed by atoms with Gasteiger partial charge in [0.2, 0.25) is 0 Å². The van der Waals surface area contributed by atoms with Crippen LogP contribution in [-0.2, 0) is 13.5 Å². The minimum Gasteiger partial charge on any atom is -0.167 e. The topological polar surface area (TPSA) is 43.6 Å². The lowest BCUT2D eigenvalue weighted by atomic mass is 10.1. The van der Waals surface area contributed by atoms with Crippen LogP contribution in [0.5, 0.6) is 0 Å². The van der Waals surface area contributed by atoms with Crippen molar-refractivity contribution in [3.8, 4) is 0 Å². The van der Waals surface area contributed by atoms with Gasteiger partial charge >= 0.3 is 0 Å². The standard InChI is InChI=1S/C7H13ClN4/c1-3-6(5-8)4-7-9-11-12(2)10-7/h6H,3-5H2,1-2H3. The number of alkyl halides is 1. The zero-order chi connectivity index (χ0) is 8.97. The zero-order valence-corrected chi connectivity index (χ0v) is 8.12. The van der Waals surface area contributed by atoms with Gasteiger partial charge in [0, 0.05) is 12.3 Å². The first-order valence-corrected chi connectivity index (χ1v) is 4.58. The van der Waals surface area contributed by atoms with Gasteiger partial charge in [0.25, 0.3) is 0 Å². The van der Waals surface area contributed by atoms with Gasteiger partial charge in [-0.3, -0.25) is 0 Å². The van der Waals surface area contributed by atoms with Crippen LogP contribution in [-0.4, -0.2) is 26.1 Å². The molecule has 0 aromatic carbocycles. The SMILES string of the molecule is CCC(CCl)Cc1nnn(C)n1. The molecule has 1 heterocycles. The van der Waals surface area contributed by atoms with Gasteiger partial charge in [0.15, 0.2) is 5.82 Å². The van der Waals surface area contributed by atoms with Gasteiger partial charge in [-0.15, -0.1) is 21.8 Å². The maximum absolute atomic E-state index is 5.74. The van der Waals surface area contributed by atoms with Gasteiger partial charge in [-0.05, 0) is 11.1 Å². The molecule has 0 aliphatic heterocycles. The maximum Gasteiger partial charge on any atom is 0.175 e. The molecule has 0 spiro atoms. The quantitative estimate of drug-likeness (QED) is 0.663. The molecule has 0 radical (unpaired) electrons. The third-order valence-corrected chi connectivity index (χ3v) is 2.25. The van der Waals surface area contributed by atoms with Crippen LogP contribution in [0.2, 0.25) is 0 Å². The van der Waals surface area contributed by atoms with Crippen molar-refractivity contribution in [1.29, 1.82) is 0 Å². The van der Waals surface area contributed by atoms with Gasteiger partial charge in [0.1, 0.15) is 0 Å². The molecular weight excluding hydrogens is 176 g/mol. The third-order valence-electron chi connectivity index (χ3n) is 1.82. The maximum atomic E-state index is 5.74. The molecule has 1 aromatic heterocycles. The Morgan fingerprint density at radius 2 is 2.33 bits per heavy atom. The molecule has 0 amide bonds. The summed E-state index contributed by atoms with van der Waals surface area (Å²) in [7, 11) is 1.76. The van der Waals surface area contributed by atoms with Crippen LogP contribution < -0.4 is 0 Å². The van der Waals surface area contributed by atoms with Crippen molar-refractivity contribution in [2.24, 2.45) is 13.0 Å². The average Bonchev–Trinajstić information content (AvgIpc) is 2.47. The fourth-order valence-corrected chi connectivity index (χ4v) is 1.30. The Bertz CT molecular complexity index is 231. The monoisotopic (exact) mass is 188 g/mol. The minimum atomic E-state index is 0.468. The Morgan fingerprint density at radius 3 is 2.75 bits per heavy atom. The number of aromatic nitrogens is 4. The van der Waals surface area contributed by atoms with Crippen molar-refractivity contribution in [1.82, 2.24) is 20.2 Å². The summed E-state index contributed by atoms with van der Waals surface area (Å²) in [6.07, 6.45) is 1.88. The number of halogens is 1. The van der Waals surface area contributed by atoms with Gasteiger partial charge < -0.3 is 0 Å². The number of nitrogens with zero attached hydrogens (tertiary/aromatic N) is 4. The summed E-state index contributed by atoms with van der Waals surface area (Å²) in [4.78, 5) is 1.47. The second-order valence-electron chi connectivity index (χ2n) is 2.83. The second-order valence-corrected chi connectivity index (χ2v) is 3.14. The van der Waals surface area contributed by atoms with Crippen molar-refractivity contribution < 1.29 is 0 Å². The summed E-state index contributed by atoms with van der Waals surface area (Å²) in [5.74, 6) is 1.91. The van der Waals surface area contributed by atoms with Crippen molar-refractivity contribution in [3.63, 3.8) is 0 Å². The van der Waals surface area contributed by atoms with Gasteiger partial charge in [0.05, 0.1) is 7.05 Å². The highest BCUT2D eigenvalue weighted by Gasteiger charge is 2.09. The molecule has 0 saturated carbocycles. The molecule has 1 aromatic rings. The largest absolute Gasteiger partial charge is 0.175 e. The normalized spacial score (nSPS) is 13.2. The van der Waals surface area contributed by atoms with Gasteiger partial charge in [-0.1, -0.05) is 13.3 Å². The van der Waals surface area contributed by atoms with Crippen molar-refractivity contribution in [2.75, 3.05) is 5.88 Å². The summed E-state index contributed by atoms with van der Waals surface area (Å²) < 4.78 is 0. The summed E-state index contributed by atoms with van der Waals surface area (Å²) in [6.45, 7) is 2.11. The molecule has 0 aliphatic rings. The Balaban J connectivity index is 2.50. The number of tetrazole rings is 1. The van der Waals surface area contributed by atoms with Crippen LogP contribution in [0, 0.1) is 5.92 Å². The van der Waals surface area contributed by atoms with Gasteiger partial charge in [-0.25, -0.2) is 0 Å². The van der Waals surface area contributed by atoms with E-state index in [2.05, 4.69) is 22.3 Å². The Labute approximate surface area is 76.9 Å². The fraction of sp³-hybridized carbons (Fsp3) is 0.857. The van der Waals surface area contributed by atoms with E-state index < -0.39 is 0 Å². The molecule has 1 rings (SSSR count). The predicted molar refractivity (Wildman–Crippen MR) is 47.0 cm³/mol. The third kappa shape index (κ3) is 2.44. The highest BCUT2D eigenvalue weighted by Crippen LogP contribution is 2.09. The Kier molecular flexibility index (Phi) is 3.47. The summed E-state index contributed by atoms with van der Waals surface area (Å²) in [5, 5.41) is 11.7. The zero-order valence-electron chi connectivity index (χ0n) is 7.37. The van der Waals surface area contributed by atoms with Crippen molar-refractivity contribution >= 4 is 11.6 Å². The van der Waals surface area contributed by atoms with E-state index in [9.17, 15) is 0 Å². The van der Waals surface area contributed by atoms with Crippen LogP contribution in [0.25, 0.3) is 0 Å². The number of hydrogen-bond donors (Lipinski definition) is 0. The van der Waals surface area contributed by atoms with E-state index in [1.165, 1.54) is 4.80 Å². The molecule has 68 valence electrons. The van der Waals surface area contributed by atoms with E-state index in [4.69, 9.17) is 11.6 Å². The molecule has 12 heavy (non-hydrogen) atoms. The smallest absolute Gasteiger partial charge is 0.167 e. The number of aryl methyl sites for hydroxylation is 1. The summed E-state index contributed by atoms with van der Waals surface area (Å²) in [6, 6.07) is 0. The lowest BCUT2D eigenvalue weighted by molar-refractivity contribution is 0.546. The molecule has 1 atom stereocenters. The van der Waals surface area contributed by atoms with E-state index >= 15 is 0 Å². The molecule has 0 fully saturated rings. The highest BCUT2D eigenvalue weighted by atomic mass is 35.5. The molecule has 0 N–H and O–H groups in total. The number of rotatable bonds is 4. The van der Waals surface area contributed by atoms with E-state index in [0.29, 0.717) is 11.8 Å². The summed E-state index contributed by atoms with van der Waals surface area (Å²) in [5.41, 5.74) is 0. The Morgan fingerprint density at radius 1 is 1.58 bits per heavy atom. The average molecular weight is 189 g/mol. The van der Waals surface area contributed by atoms with Crippen LogP contribution in [0.4, 0.5) is 0 Å². The van der Waals surface area contributed by atoms with E-state index in [1.54, 1.807) is 7.05 Å². The van der Waals surface area contributed by atoms with Crippen LogP contribution in [0.3, 0.4) is 0 Å². The van der Waals surface area contributed by atoms with E-state index in [1.807, 2.05) is 0 Å². The first-order valence-electron chi connectivity index (χ1n) is 4.05. The second kappa shape index (κ2) is 4.40.